The van der Waals surface area contributed by atoms with Gasteiger partial charge in [-0.3, -0.25) is 0 Å². The van der Waals surface area contributed by atoms with Crippen molar-refractivity contribution in [3.05, 3.63) is 35.1 Å². The minimum atomic E-state index is 0.525. The Morgan fingerprint density at radius 1 is 1.47 bits per heavy atom. The fraction of sp³-hybridized carbons (Fsp3) is 0.182. The number of rotatable bonds is 2. The van der Waals surface area contributed by atoms with Gasteiger partial charge in [-0.25, -0.2) is 4.98 Å². The maximum absolute atomic E-state index is 6.01. The molecule has 15 heavy (non-hydrogen) atoms. The summed E-state index contributed by atoms with van der Waals surface area (Å²) in [6.45, 7) is 0. The Balaban J connectivity index is 2.75. The summed E-state index contributed by atoms with van der Waals surface area (Å²) in [5.41, 5.74) is 1.07. The number of aromatic nitrogens is 1. The van der Waals surface area contributed by atoms with Crippen LogP contribution in [0.25, 0.3) is 10.8 Å². The fourth-order valence-electron chi connectivity index (χ4n) is 1.50. The summed E-state index contributed by atoms with van der Waals surface area (Å²) in [6.07, 6.45) is 1.69. The number of halogens is 2. The zero-order valence-electron chi connectivity index (χ0n) is 8.13. The monoisotopic (exact) mass is 285 g/mol. The third-order valence-corrected chi connectivity index (χ3v) is 3.17. The first-order valence-electron chi connectivity index (χ1n) is 4.43. The Bertz CT molecular complexity index is 501. The number of hydrogen-bond acceptors (Lipinski definition) is 2. The molecular formula is C11H9BrClNO. The van der Waals surface area contributed by atoms with Crippen molar-refractivity contribution < 1.29 is 4.74 Å². The van der Waals surface area contributed by atoms with E-state index < -0.39 is 0 Å². The highest BCUT2D eigenvalue weighted by atomic mass is 79.9. The van der Waals surface area contributed by atoms with Crippen LogP contribution in [0.5, 0.6) is 5.75 Å². The van der Waals surface area contributed by atoms with Crippen LogP contribution in [-0.4, -0.2) is 12.1 Å². The standard InChI is InChI=1S/C11H9BrClNO/c1-15-10-5-7-2-3-14-11(13)9(7)4-8(10)6-12/h2-5H,6H2,1H3. The molecule has 1 aromatic carbocycles. The lowest BCUT2D eigenvalue weighted by atomic mass is 10.1. The molecule has 78 valence electrons. The molecule has 0 unspecified atom stereocenters. The molecule has 2 rings (SSSR count). The lowest BCUT2D eigenvalue weighted by molar-refractivity contribution is 0.412. The molecule has 0 amide bonds. The predicted molar refractivity (Wildman–Crippen MR) is 65.9 cm³/mol. The first-order chi connectivity index (χ1) is 7.26. The van der Waals surface area contributed by atoms with Crippen molar-refractivity contribution in [2.45, 2.75) is 5.33 Å². The molecule has 0 saturated heterocycles. The average molecular weight is 287 g/mol. The molecule has 0 N–H and O–H groups in total. The molecule has 0 aliphatic rings. The third kappa shape index (κ3) is 1.94. The van der Waals surface area contributed by atoms with Crippen molar-refractivity contribution in [3.63, 3.8) is 0 Å². The van der Waals surface area contributed by atoms with E-state index in [0.717, 1.165) is 27.4 Å². The van der Waals surface area contributed by atoms with E-state index in [-0.39, 0.29) is 0 Å². The van der Waals surface area contributed by atoms with Gasteiger partial charge in [0.2, 0.25) is 0 Å². The summed E-state index contributed by atoms with van der Waals surface area (Å²) in [4.78, 5) is 4.05. The van der Waals surface area contributed by atoms with Crippen LogP contribution in [0.15, 0.2) is 24.4 Å². The first kappa shape index (κ1) is 10.7. The van der Waals surface area contributed by atoms with E-state index in [1.165, 1.54) is 0 Å². The number of hydrogen-bond donors (Lipinski definition) is 0. The molecule has 0 radical (unpaired) electrons. The minimum Gasteiger partial charge on any atom is -0.496 e. The molecule has 0 fully saturated rings. The second-order valence-corrected chi connectivity index (χ2v) is 4.04. The number of benzene rings is 1. The molecule has 2 aromatic rings. The van der Waals surface area contributed by atoms with E-state index in [1.807, 2.05) is 18.2 Å². The number of pyridine rings is 1. The molecule has 0 spiro atoms. The largest absolute Gasteiger partial charge is 0.496 e. The molecule has 4 heteroatoms. The molecule has 0 bridgehead atoms. The van der Waals surface area contributed by atoms with E-state index in [2.05, 4.69) is 20.9 Å². The minimum absolute atomic E-state index is 0.525. The van der Waals surface area contributed by atoms with E-state index in [4.69, 9.17) is 16.3 Å². The topological polar surface area (TPSA) is 22.1 Å². The highest BCUT2D eigenvalue weighted by Gasteiger charge is 2.06. The van der Waals surface area contributed by atoms with Gasteiger partial charge in [0.25, 0.3) is 0 Å². The van der Waals surface area contributed by atoms with Crippen LogP contribution in [0.1, 0.15) is 5.56 Å². The zero-order chi connectivity index (χ0) is 10.8. The van der Waals surface area contributed by atoms with Crippen molar-refractivity contribution >= 4 is 38.3 Å². The zero-order valence-corrected chi connectivity index (χ0v) is 10.5. The Morgan fingerprint density at radius 3 is 2.93 bits per heavy atom. The van der Waals surface area contributed by atoms with Crippen molar-refractivity contribution in [1.29, 1.82) is 0 Å². The van der Waals surface area contributed by atoms with Gasteiger partial charge in [0.15, 0.2) is 0 Å². The summed E-state index contributed by atoms with van der Waals surface area (Å²) >= 11 is 9.43. The van der Waals surface area contributed by atoms with E-state index in [1.54, 1.807) is 13.3 Å². The van der Waals surface area contributed by atoms with E-state index >= 15 is 0 Å². The number of methoxy groups -OCH3 is 1. The molecular weight excluding hydrogens is 277 g/mol. The van der Waals surface area contributed by atoms with Gasteiger partial charge < -0.3 is 4.74 Å². The van der Waals surface area contributed by atoms with E-state index in [0.29, 0.717) is 5.15 Å². The second-order valence-electron chi connectivity index (χ2n) is 3.12. The highest BCUT2D eigenvalue weighted by molar-refractivity contribution is 9.08. The van der Waals surface area contributed by atoms with Crippen LogP contribution in [0.3, 0.4) is 0 Å². The normalized spacial score (nSPS) is 10.6. The van der Waals surface area contributed by atoms with Crippen LogP contribution in [0, 0.1) is 0 Å². The van der Waals surface area contributed by atoms with Gasteiger partial charge in [0, 0.05) is 22.5 Å². The van der Waals surface area contributed by atoms with Gasteiger partial charge in [-0.1, -0.05) is 27.5 Å². The summed E-state index contributed by atoms with van der Waals surface area (Å²) in [5.74, 6) is 0.863. The van der Waals surface area contributed by atoms with Gasteiger partial charge in [0.1, 0.15) is 10.9 Å². The lowest BCUT2D eigenvalue weighted by Gasteiger charge is -2.08. The maximum atomic E-state index is 6.01. The van der Waals surface area contributed by atoms with Crippen LogP contribution in [0.2, 0.25) is 5.15 Å². The molecule has 0 atom stereocenters. The Kier molecular flexibility index (Phi) is 3.12. The molecule has 0 aliphatic heterocycles. The molecule has 2 nitrogen and oxygen atoms in total. The molecule has 1 heterocycles. The third-order valence-electron chi connectivity index (χ3n) is 2.26. The molecule has 0 saturated carbocycles. The van der Waals surface area contributed by atoms with E-state index in [9.17, 15) is 0 Å². The number of fused-ring (bicyclic) bond motifs is 1. The van der Waals surface area contributed by atoms with Gasteiger partial charge >= 0.3 is 0 Å². The Hall–Kier alpha value is -0.800. The average Bonchev–Trinajstić information content (AvgIpc) is 2.28. The van der Waals surface area contributed by atoms with Crippen LogP contribution in [-0.2, 0) is 5.33 Å². The summed E-state index contributed by atoms with van der Waals surface area (Å²) in [5, 5.41) is 3.25. The van der Waals surface area contributed by atoms with Gasteiger partial charge in [-0.2, -0.15) is 0 Å². The van der Waals surface area contributed by atoms with Crippen molar-refractivity contribution in [1.82, 2.24) is 4.98 Å². The highest BCUT2D eigenvalue weighted by Crippen LogP contribution is 2.30. The van der Waals surface area contributed by atoms with Gasteiger partial charge in [0.05, 0.1) is 7.11 Å². The van der Waals surface area contributed by atoms with Crippen molar-refractivity contribution in [2.75, 3.05) is 7.11 Å². The summed E-state index contributed by atoms with van der Waals surface area (Å²) in [7, 11) is 1.66. The molecule has 1 aromatic heterocycles. The Labute approximate surface area is 101 Å². The van der Waals surface area contributed by atoms with Crippen molar-refractivity contribution in [3.8, 4) is 5.75 Å². The summed E-state index contributed by atoms with van der Waals surface area (Å²) in [6, 6.07) is 5.89. The molecule has 0 aliphatic carbocycles. The van der Waals surface area contributed by atoms with Crippen LogP contribution >= 0.6 is 27.5 Å². The smallest absolute Gasteiger partial charge is 0.136 e. The number of alkyl halides is 1. The number of nitrogens with zero attached hydrogens (tertiary/aromatic N) is 1. The number of ether oxygens (including phenoxy) is 1. The SMILES string of the molecule is COc1cc2ccnc(Cl)c2cc1CBr. The Morgan fingerprint density at radius 2 is 2.27 bits per heavy atom. The first-order valence-corrected chi connectivity index (χ1v) is 5.93. The van der Waals surface area contributed by atoms with Crippen molar-refractivity contribution in [2.24, 2.45) is 0 Å². The fourth-order valence-corrected chi connectivity index (χ4v) is 2.16. The van der Waals surface area contributed by atoms with Crippen LogP contribution < -0.4 is 4.74 Å². The second kappa shape index (κ2) is 4.37. The van der Waals surface area contributed by atoms with Gasteiger partial charge in [-0.15, -0.1) is 0 Å². The summed E-state index contributed by atoms with van der Waals surface area (Å²) < 4.78 is 5.29. The maximum Gasteiger partial charge on any atom is 0.136 e. The predicted octanol–water partition coefficient (Wildman–Crippen LogP) is 3.79. The van der Waals surface area contributed by atoms with Crippen LogP contribution in [0.4, 0.5) is 0 Å². The lowest BCUT2D eigenvalue weighted by Crippen LogP contribution is -1.90. The van der Waals surface area contributed by atoms with Gasteiger partial charge in [-0.05, 0) is 23.6 Å². The quantitative estimate of drug-likeness (QED) is 0.619.